The van der Waals surface area contributed by atoms with Crippen LogP contribution >= 0.6 is 11.5 Å². The lowest BCUT2D eigenvalue weighted by Crippen LogP contribution is -2.46. The lowest BCUT2D eigenvalue weighted by molar-refractivity contribution is 0.253. The van der Waals surface area contributed by atoms with E-state index in [1.165, 1.54) is 10.1 Å². The Bertz CT molecular complexity index is 1340. The maximum absolute atomic E-state index is 12.8. The SMILES string of the molecule is O=S(=O)(NCCCCN1CCN(c2nsc3ccccc23)CC1)c1cccc2ccccc12. The largest absolute Gasteiger partial charge is 0.353 e. The summed E-state index contributed by atoms with van der Waals surface area (Å²) in [6.45, 7) is 5.40. The Morgan fingerprint density at radius 1 is 0.848 bits per heavy atom. The molecule has 8 heteroatoms. The Morgan fingerprint density at radius 2 is 1.58 bits per heavy atom. The smallest absolute Gasteiger partial charge is 0.241 e. The molecule has 0 unspecified atom stereocenters. The molecule has 1 N–H and O–H groups in total. The molecule has 0 bridgehead atoms. The minimum absolute atomic E-state index is 0.353. The molecular weight excluding hydrogens is 452 g/mol. The Hall–Kier alpha value is -2.52. The van der Waals surface area contributed by atoms with Gasteiger partial charge in [-0.2, -0.15) is 4.37 Å². The standard InChI is InChI=1S/C25H28N4O2S2/c30-33(31,24-13-7-9-20-8-1-2-10-21(20)24)26-14-5-6-15-28-16-18-29(19-17-28)25-22-11-3-4-12-23(22)32-27-25/h1-4,7-13,26H,5-6,14-19H2. The number of hydrogen-bond acceptors (Lipinski definition) is 6. The molecule has 172 valence electrons. The minimum Gasteiger partial charge on any atom is -0.353 e. The Labute approximate surface area is 199 Å². The summed E-state index contributed by atoms with van der Waals surface area (Å²) in [5.41, 5.74) is 0. The van der Waals surface area contributed by atoms with Gasteiger partial charge in [0.2, 0.25) is 10.0 Å². The van der Waals surface area contributed by atoms with Crippen LogP contribution in [0.3, 0.4) is 0 Å². The number of piperazine rings is 1. The number of fused-ring (bicyclic) bond motifs is 2. The molecule has 1 aliphatic heterocycles. The van der Waals surface area contributed by atoms with Crippen molar-refractivity contribution in [2.75, 3.05) is 44.2 Å². The van der Waals surface area contributed by atoms with Gasteiger partial charge >= 0.3 is 0 Å². The Morgan fingerprint density at radius 3 is 2.42 bits per heavy atom. The molecule has 6 nitrogen and oxygen atoms in total. The second kappa shape index (κ2) is 9.77. The van der Waals surface area contributed by atoms with Crippen LogP contribution in [0, 0.1) is 0 Å². The number of unbranched alkanes of at least 4 members (excludes halogenated alkanes) is 1. The number of nitrogens with one attached hydrogen (secondary N) is 1. The molecule has 3 aromatic carbocycles. The zero-order valence-electron chi connectivity index (χ0n) is 18.5. The Balaban J connectivity index is 1.08. The van der Waals surface area contributed by atoms with Crippen molar-refractivity contribution < 1.29 is 8.42 Å². The molecule has 0 aliphatic carbocycles. The normalized spacial score (nSPS) is 15.5. The molecule has 0 spiro atoms. The van der Waals surface area contributed by atoms with E-state index < -0.39 is 10.0 Å². The fourth-order valence-corrected chi connectivity index (χ4v) is 6.56. The van der Waals surface area contributed by atoms with Gasteiger partial charge in [-0.3, -0.25) is 4.90 Å². The van der Waals surface area contributed by atoms with E-state index in [2.05, 4.69) is 43.2 Å². The predicted molar refractivity (Wildman–Crippen MR) is 137 cm³/mol. The minimum atomic E-state index is -3.52. The van der Waals surface area contributed by atoms with Gasteiger partial charge in [0.15, 0.2) is 0 Å². The van der Waals surface area contributed by atoms with E-state index in [1.54, 1.807) is 23.7 Å². The van der Waals surface area contributed by atoms with Crippen molar-refractivity contribution in [2.45, 2.75) is 17.7 Å². The van der Waals surface area contributed by atoms with E-state index in [4.69, 9.17) is 0 Å². The molecule has 1 fully saturated rings. The summed E-state index contributed by atoms with van der Waals surface area (Å²) < 4.78 is 34.3. The first-order chi connectivity index (χ1) is 16.1. The van der Waals surface area contributed by atoms with Crippen LogP contribution in [0.1, 0.15) is 12.8 Å². The van der Waals surface area contributed by atoms with Crippen LogP contribution in [0.2, 0.25) is 0 Å². The molecule has 0 saturated carbocycles. The summed E-state index contributed by atoms with van der Waals surface area (Å²) in [5, 5.41) is 2.94. The average molecular weight is 481 g/mol. The lowest BCUT2D eigenvalue weighted by atomic mass is 10.1. The number of sulfonamides is 1. The number of rotatable bonds is 8. The number of hydrogen-bond donors (Lipinski definition) is 1. The highest BCUT2D eigenvalue weighted by Crippen LogP contribution is 2.29. The van der Waals surface area contributed by atoms with Crippen LogP contribution in [-0.2, 0) is 10.0 Å². The first-order valence-electron chi connectivity index (χ1n) is 11.4. The fraction of sp³-hybridized carbons (Fsp3) is 0.320. The predicted octanol–water partition coefficient (Wildman–Crippen LogP) is 4.33. The van der Waals surface area contributed by atoms with Crippen molar-refractivity contribution >= 4 is 48.2 Å². The molecule has 0 amide bonds. The highest BCUT2D eigenvalue weighted by atomic mass is 32.2. The van der Waals surface area contributed by atoms with Crippen molar-refractivity contribution in [3.05, 3.63) is 66.7 Å². The number of anilines is 1. The molecule has 0 radical (unpaired) electrons. The molecule has 0 atom stereocenters. The summed E-state index contributed by atoms with van der Waals surface area (Å²) >= 11 is 1.57. The van der Waals surface area contributed by atoms with Gasteiger partial charge in [0.05, 0.1) is 9.60 Å². The molecule has 1 aliphatic rings. The first-order valence-corrected chi connectivity index (χ1v) is 13.7. The topological polar surface area (TPSA) is 65.5 Å². The first kappa shape index (κ1) is 22.3. The fourth-order valence-electron chi connectivity index (χ4n) is 4.46. The van der Waals surface area contributed by atoms with Crippen LogP contribution in [-0.4, -0.2) is 57.0 Å². The van der Waals surface area contributed by atoms with Gasteiger partial charge < -0.3 is 4.90 Å². The molecule has 1 aromatic heterocycles. The third-order valence-corrected chi connectivity index (χ3v) is 8.60. The lowest BCUT2D eigenvalue weighted by Gasteiger charge is -2.35. The number of nitrogens with zero attached hydrogens (tertiary/aromatic N) is 3. The van der Waals surface area contributed by atoms with Crippen LogP contribution in [0.4, 0.5) is 5.82 Å². The van der Waals surface area contributed by atoms with Crippen LogP contribution in [0.5, 0.6) is 0 Å². The van der Waals surface area contributed by atoms with Crippen LogP contribution < -0.4 is 9.62 Å². The van der Waals surface area contributed by atoms with E-state index in [1.807, 2.05) is 30.3 Å². The van der Waals surface area contributed by atoms with Gasteiger partial charge in [-0.05, 0) is 54.5 Å². The third-order valence-electron chi connectivity index (χ3n) is 6.26. The van der Waals surface area contributed by atoms with Gasteiger partial charge in [-0.25, -0.2) is 13.1 Å². The van der Waals surface area contributed by atoms with Crippen molar-refractivity contribution in [2.24, 2.45) is 0 Å². The molecule has 4 aromatic rings. The van der Waals surface area contributed by atoms with Crippen LogP contribution in [0.15, 0.2) is 71.6 Å². The second-order valence-electron chi connectivity index (χ2n) is 8.41. The monoisotopic (exact) mass is 480 g/mol. The quantitative estimate of drug-likeness (QED) is 0.380. The van der Waals surface area contributed by atoms with Crippen molar-refractivity contribution in [1.29, 1.82) is 0 Å². The van der Waals surface area contributed by atoms with E-state index >= 15 is 0 Å². The summed E-state index contributed by atoms with van der Waals surface area (Å²) in [6.07, 6.45) is 1.79. The van der Waals surface area contributed by atoms with E-state index in [9.17, 15) is 8.42 Å². The molecule has 5 rings (SSSR count). The zero-order valence-corrected chi connectivity index (χ0v) is 20.1. The number of aromatic nitrogens is 1. The van der Waals surface area contributed by atoms with Gasteiger partial charge in [0.25, 0.3) is 0 Å². The van der Waals surface area contributed by atoms with Gasteiger partial charge in [-0.15, -0.1) is 0 Å². The van der Waals surface area contributed by atoms with E-state index in [-0.39, 0.29) is 0 Å². The summed E-state index contributed by atoms with van der Waals surface area (Å²) in [7, 11) is -3.52. The maximum Gasteiger partial charge on any atom is 0.241 e. The summed E-state index contributed by atoms with van der Waals surface area (Å²) in [5.74, 6) is 1.11. The van der Waals surface area contributed by atoms with Crippen molar-refractivity contribution in [3.8, 4) is 0 Å². The van der Waals surface area contributed by atoms with Gasteiger partial charge in [0, 0.05) is 43.5 Å². The molecule has 1 saturated heterocycles. The highest BCUT2D eigenvalue weighted by Gasteiger charge is 2.21. The van der Waals surface area contributed by atoms with Crippen LogP contribution in [0.25, 0.3) is 20.9 Å². The summed E-state index contributed by atoms with van der Waals surface area (Å²) in [4.78, 5) is 5.20. The molecule has 33 heavy (non-hydrogen) atoms. The zero-order chi connectivity index (χ0) is 22.7. The molecule has 2 heterocycles. The van der Waals surface area contributed by atoms with Crippen molar-refractivity contribution in [1.82, 2.24) is 14.0 Å². The third kappa shape index (κ3) is 4.89. The average Bonchev–Trinajstić information content (AvgIpc) is 3.28. The van der Waals surface area contributed by atoms with Crippen molar-refractivity contribution in [3.63, 3.8) is 0 Å². The number of benzene rings is 3. The Kier molecular flexibility index (Phi) is 6.59. The molecular formula is C25H28N4O2S2. The van der Waals surface area contributed by atoms with Gasteiger partial charge in [0.1, 0.15) is 5.82 Å². The maximum atomic E-state index is 12.8. The van der Waals surface area contributed by atoms with E-state index in [0.29, 0.717) is 11.4 Å². The summed E-state index contributed by atoms with van der Waals surface area (Å²) in [6, 6.07) is 21.4. The van der Waals surface area contributed by atoms with Gasteiger partial charge in [-0.1, -0.05) is 48.5 Å². The second-order valence-corrected chi connectivity index (χ2v) is 11.0. The van der Waals surface area contributed by atoms with E-state index in [0.717, 1.165) is 62.2 Å². The highest BCUT2D eigenvalue weighted by molar-refractivity contribution is 7.89.